The summed E-state index contributed by atoms with van der Waals surface area (Å²) in [5, 5.41) is 18.2. The first-order valence-corrected chi connectivity index (χ1v) is 7.43. The highest BCUT2D eigenvalue weighted by Crippen LogP contribution is 2.27. The van der Waals surface area contributed by atoms with Gasteiger partial charge >= 0.3 is 0 Å². The van der Waals surface area contributed by atoms with Gasteiger partial charge in [-0.2, -0.15) is 10.5 Å². The van der Waals surface area contributed by atoms with Gasteiger partial charge in [0.2, 0.25) is 0 Å². The first-order chi connectivity index (χ1) is 10.5. The van der Waals surface area contributed by atoms with E-state index in [-0.39, 0.29) is 0 Å². The second kappa shape index (κ2) is 6.93. The van der Waals surface area contributed by atoms with Gasteiger partial charge in [-0.05, 0) is 57.4 Å². The van der Waals surface area contributed by atoms with Crippen LogP contribution in [0.15, 0.2) is 46.9 Å². The summed E-state index contributed by atoms with van der Waals surface area (Å²) in [5.41, 5.74) is 3.97. The lowest BCUT2D eigenvalue weighted by atomic mass is 10.0. The molecule has 0 amide bonds. The number of allylic oxidation sites excluding steroid dienone is 1. The Balaban J connectivity index is 2.39. The minimum Gasteiger partial charge on any atom is -0.377 e. The molecule has 2 rings (SSSR count). The van der Waals surface area contributed by atoms with Gasteiger partial charge in [0.05, 0.1) is 29.0 Å². The molecular weight excluding hydrogens is 338 g/mol. The molecule has 0 saturated heterocycles. The average molecular weight is 352 g/mol. The van der Waals surface area contributed by atoms with E-state index in [1.165, 1.54) is 0 Å². The molecule has 108 valence electrons. The molecule has 4 heteroatoms. The van der Waals surface area contributed by atoms with Crippen LogP contribution >= 0.6 is 15.9 Å². The van der Waals surface area contributed by atoms with Crippen molar-refractivity contribution < 1.29 is 0 Å². The third kappa shape index (κ3) is 3.55. The summed E-state index contributed by atoms with van der Waals surface area (Å²) in [6, 6.07) is 17.2. The van der Waals surface area contributed by atoms with E-state index in [1.807, 2.05) is 43.3 Å². The third-order valence-electron chi connectivity index (χ3n) is 3.21. The molecule has 0 aromatic heterocycles. The second-order valence-corrected chi connectivity index (χ2v) is 5.82. The molecule has 0 N–H and O–H groups in total. The van der Waals surface area contributed by atoms with E-state index in [0.29, 0.717) is 11.1 Å². The van der Waals surface area contributed by atoms with E-state index in [1.54, 1.807) is 24.3 Å². The zero-order chi connectivity index (χ0) is 16.1. The van der Waals surface area contributed by atoms with Crippen LogP contribution in [-0.2, 0) is 0 Å². The fourth-order valence-electron chi connectivity index (χ4n) is 2.05. The van der Waals surface area contributed by atoms with E-state index < -0.39 is 0 Å². The van der Waals surface area contributed by atoms with E-state index in [9.17, 15) is 5.26 Å². The number of hydrogen-bond donors (Lipinski definition) is 0. The molecule has 0 radical (unpaired) electrons. The molecule has 3 nitrogen and oxygen atoms in total. The SMILES string of the molecule is CN(C)c1ccc(/C=C(/C#N)c2ccc(C#N)cc2)cc1Br. The Morgan fingerprint density at radius 2 is 1.77 bits per heavy atom. The summed E-state index contributed by atoms with van der Waals surface area (Å²) in [6.45, 7) is 0. The van der Waals surface area contributed by atoms with Gasteiger partial charge in [0.15, 0.2) is 0 Å². The van der Waals surface area contributed by atoms with Crippen LogP contribution in [0.25, 0.3) is 11.6 Å². The maximum atomic E-state index is 9.38. The Bertz CT molecular complexity index is 791. The molecule has 0 fully saturated rings. The van der Waals surface area contributed by atoms with Crippen molar-refractivity contribution >= 4 is 33.3 Å². The van der Waals surface area contributed by atoms with Crippen LogP contribution in [-0.4, -0.2) is 14.1 Å². The molecular formula is C18H14BrN3. The first kappa shape index (κ1) is 15.8. The molecule has 0 heterocycles. The minimum absolute atomic E-state index is 0.564. The van der Waals surface area contributed by atoms with Crippen LogP contribution in [0.1, 0.15) is 16.7 Å². The highest BCUT2D eigenvalue weighted by Gasteiger charge is 2.05. The predicted molar refractivity (Wildman–Crippen MR) is 93.1 cm³/mol. The van der Waals surface area contributed by atoms with Crippen LogP contribution in [0.2, 0.25) is 0 Å². The lowest BCUT2D eigenvalue weighted by Gasteiger charge is -2.14. The van der Waals surface area contributed by atoms with Gasteiger partial charge in [-0.3, -0.25) is 0 Å². The van der Waals surface area contributed by atoms with Crippen LogP contribution in [0.3, 0.4) is 0 Å². The fraction of sp³-hybridized carbons (Fsp3) is 0.111. The number of nitriles is 2. The Morgan fingerprint density at radius 3 is 2.27 bits per heavy atom. The maximum absolute atomic E-state index is 9.38. The molecule has 0 saturated carbocycles. The van der Waals surface area contributed by atoms with E-state index in [0.717, 1.165) is 21.3 Å². The van der Waals surface area contributed by atoms with Gasteiger partial charge in [0.25, 0.3) is 0 Å². The molecule has 0 aliphatic heterocycles. The topological polar surface area (TPSA) is 50.8 Å². The van der Waals surface area contributed by atoms with Crippen molar-refractivity contribution in [3.8, 4) is 12.1 Å². The van der Waals surface area contributed by atoms with Gasteiger partial charge in [-0.15, -0.1) is 0 Å². The third-order valence-corrected chi connectivity index (χ3v) is 3.85. The maximum Gasteiger partial charge on any atom is 0.0998 e. The summed E-state index contributed by atoms with van der Waals surface area (Å²) >= 11 is 3.54. The Labute approximate surface area is 138 Å². The number of anilines is 1. The number of halogens is 1. The monoisotopic (exact) mass is 351 g/mol. The lowest BCUT2D eigenvalue weighted by molar-refractivity contribution is 1.12. The van der Waals surface area contributed by atoms with Crippen LogP contribution in [0.4, 0.5) is 5.69 Å². The zero-order valence-electron chi connectivity index (χ0n) is 12.3. The van der Waals surface area contributed by atoms with Gasteiger partial charge in [0.1, 0.15) is 0 Å². The molecule has 2 aromatic rings. The highest BCUT2D eigenvalue weighted by atomic mass is 79.9. The minimum atomic E-state index is 0.564. The molecule has 22 heavy (non-hydrogen) atoms. The standard InChI is InChI=1S/C18H14BrN3/c1-22(2)18-8-5-14(10-17(18)19)9-16(12-21)15-6-3-13(11-20)4-7-15/h3-10H,1-2H3/b16-9-. The van der Waals surface area contributed by atoms with Crippen molar-refractivity contribution in [1.29, 1.82) is 10.5 Å². The summed E-state index contributed by atoms with van der Waals surface area (Å²) in [4.78, 5) is 2.02. The van der Waals surface area contributed by atoms with E-state index in [2.05, 4.69) is 28.1 Å². The van der Waals surface area contributed by atoms with Gasteiger partial charge in [-0.25, -0.2) is 0 Å². The van der Waals surface area contributed by atoms with Crippen LogP contribution in [0.5, 0.6) is 0 Å². The van der Waals surface area contributed by atoms with Gasteiger partial charge in [0, 0.05) is 18.6 Å². The van der Waals surface area contributed by atoms with Crippen molar-refractivity contribution in [3.05, 3.63) is 63.6 Å². The molecule has 0 bridgehead atoms. The van der Waals surface area contributed by atoms with E-state index in [4.69, 9.17) is 5.26 Å². The molecule has 0 aliphatic rings. The normalized spacial score (nSPS) is 10.7. The van der Waals surface area contributed by atoms with Crippen LogP contribution < -0.4 is 4.90 Å². The number of benzene rings is 2. The molecule has 0 aliphatic carbocycles. The first-order valence-electron chi connectivity index (χ1n) is 6.64. The van der Waals surface area contributed by atoms with Crippen LogP contribution in [0, 0.1) is 22.7 Å². The lowest BCUT2D eigenvalue weighted by Crippen LogP contribution is -2.09. The molecule has 0 unspecified atom stereocenters. The van der Waals surface area contributed by atoms with Crippen molar-refractivity contribution in [2.45, 2.75) is 0 Å². The summed E-state index contributed by atoms with van der Waals surface area (Å²) in [5.74, 6) is 0. The molecule has 0 spiro atoms. The average Bonchev–Trinajstić information content (AvgIpc) is 2.52. The number of rotatable bonds is 3. The fourth-order valence-corrected chi connectivity index (χ4v) is 2.80. The van der Waals surface area contributed by atoms with E-state index >= 15 is 0 Å². The molecule has 2 aromatic carbocycles. The van der Waals surface area contributed by atoms with Gasteiger partial charge < -0.3 is 4.90 Å². The Hall–Kier alpha value is -2.56. The summed E-state index contributed by atoms with van der Waals surface area (Å²) in [6.07, 6.45) is 1.84. The van der Waals surface area contributed by atoms with Crippen molar-refractivity contribution in [2.75, 3.05) is 19.0 Å². The van der Waals surface area contributed by atoms with Crippen molar-refractivity contribution in [3.63, 3.8) is 0 Å². The quantitative estimate of drug-likeness (QED) is 0.606. The highest BCUT2D eigenvalue weighted by molar-refractivity contribution is 9.10. The summed E-state index contributed by atoms with van der Waals surface area (Å²) in [7, 11) is 3.96. The van der Waals surface area contributed by atoms with Gasteiger partial charge in [-0.1, -0.05) is 18.2 Å². The largest absolute Gasteiger partial charge is 0.377 e. The zero-order valence-corrected chi connectivity index (χ0v) is 13.9. The summed E-state index contributed by atoms with van der Waals surface area (Å²) < 4.78 is 0.975. The van der Waals surface area contributed by atoms with Crippen molar-refractivity contribution in [1.82, 2.24) is 0 Å². The number of hydrogen-bond acceptors (Lipinski definition) is 3. The Morgan fingerprint density at radius 1 is 1.09 bits per heavy atom. The second-order valence-electron chi connectivity index (χ2n) is 4.96. The smallest absolute Gasteiger partial charge is 0.0998 e. The predicted octanol–water partition coefficient (Wildman–Crippen LogP) is 4.45. The molecule has 0 atom stereocenters. The number of nitrogens with zero attached hydrogens (tertiary/aromatic N) is 3. The van der Waals surface area contributed by atoms with Crippen molar-refractivity contribution in [2.24, 2.45) is 0 Å². The Kier molecular flexibility index (Phi) is 4.99.